The first-order valence-electron chi connectivity index (χ1n) is 11.7. The molecule has 1 amide bonds. The van der Waals surface area contributed by atoms with E-state index < -0.39 is 5.60 Å². The van der Waals surface area contributed by atoms with Gasteiger partial charge in [0.15, 0.2) is 0 Å². The van der Waals surface area contributed by atoms with Gasteiger partial charge in [-0.1, -0.05) is 27.7 Å². The van der Waals surface area contributed by atoms with Gasteiger partial charge in [0.1, 0.15) is 17.1 Å². The SMILES string of the molecule is C[C@H]1CC[C@@H]2C(C)(C)[C@H](O)CC[C@]2(C)[C@]12Cc1c(O)cc3c(c1O2)CN(CCO)C3=O. The number of aliphatic hydroxyl groups is 2. The fraction of sp³-hybridized carbons (Fsp3) is 0.720. The van der Waals surface area contributed by atoms with Crippen LogP contribution in [0.15, 0.2) is 6.07 Å². The minimum Gasteiger partial charge on any atom is -0.508 e. The number of carbonyl (C=O) groups is 1. The van der Waals surface area contributed by atoms with Crippen LogP contribution in [0, 0.1) is 22.7 Å². The van der Waals surface area contributed by atoms with Crippen LogP contribution in [0.1, 0.15) is 74.9 Å². The lowest BCUT2D eigenvalue weighted by molar-refractivity contribution is -0.210. The Labute approximate surface area is 184 Å². The molecule has 2 saturated carbocycles. The largest absolute Gasteiger partial charge is 0.508 e. The first kappa shape index (κ1) is 21.1. The molecular weight excluding hydrogens is 394 g/mol. The van der Waals surface area contributed by atoms with Crippen LogP contribution in [0.25, 0.3) is 0 Å². The fourth-order valence-corrected chi connectivity index (χ4v) is 7.63. The van der Waals surface area contributed by atoms with E-state index in [1.807, 2.05) is 0 Å². The van der Waals surface area contributed by atoms with E-state index in [0.717, 1.165) is 36.8 Å². The highest BCUT2D eigenvalue weighted by Crippen LogP contribution is 2.67. The molecule has 6 nitrogen and oxygen atoms in total. The number of hydrogen-bond donors (Lipinski definition) is 3. The van der Waals surface area contributed by atoms with Crippen molar-refractivity contribution >= 4 is 5.91 Å². The first-order valence-corrected chi connectivity index (χ1v) is 11.7. The van der Waals surface area contributed by atoms with Crippen molar-refractivity contribution in [2.75, 3.05) is 13.2 Å². The molecular formula is C25H35NO5. The number of benzene rings is 1. The second kappa shape index (κ2) is 6.61. The van der Waals surface area contributed by atoms with Gasteiger partial charge in [-0.05, 0) is 49.0 Å². The maximum atomic E-state index is 12.8. The molecule has 0 unspecified atom stereocenters. The van der Waals surface area contributed by atoms with Crippen LogP contribution in [0.2, 0.25) is 0 Å². The Morgan fingerprint density at radius 3 is 2.65 bits per heavy atom. The minimum atomic E-state index is -0.463. The van der Waals surface area contributed by atoms with Crippen LogP contribution in [0.5, 0.6) is 11.5 Å². The van der Waals surface area contributed by atoms with Crippen LogP contribution in [-0.4, -0.2) is 51.0 Å². The number of aromatic hydroxyl groups is 1. The molecule has 2 heterocycles. The smallest absolute Gasteiger partial charge is 0.254 e. The monoisotopic (exact) mass is 429 g/mol. The highest BCUT2D eigenvalue weighted by molar-refractivity contribution is 6.00. The zero-order valence-electron chi connectivity index (χ0n) is 19.1. The fourth-order valence-electron chi connectivity index (χ4n) is 7.63. The number of ether oxygens (including phenoxy) is 1. The number of fused-ring (bicyclic) bond motifs is 5. The number of carbonyl (C=O) groups excluding carboxylic acids is 1. The molecule has 0 bridgehead atoms. The van der Waals surface area contributed by atoms with Crippen LogP contribution in [-0.2, 0) is 13.0 Å². The number of β-amino-alcohol motifs (C(OH)–C–C–N with tert-alkyl or cyclic N) is 1. The van der Waals surface area contributed by atoms with Crippen molar-refractivity contribution < 1.29 is 24.9 Å². The van der Waals surface area contributed by atoms with Crippen molar-refractivity contribution in [3.05, 3.63) is 22.8 Å². The summed E-state index contributed by atoms with van der Waals surface area (Å²) in [4.78, 5) is 14.4. The van der Waals surface area contributed by atoms with Gasteiger partial charge >= 0.3 is 0 Å². The van der Waals surface area contributed by atoms with E-state index in [1.165, 1.54) is 0 Å². The molecule has 2 fully saturated rings. The van der Waals surface area contributed by atoms with Gasteiger partial charge in [0.25, 0.3) is 5.91 Å². The Morgan fingerprint density at radius 1 is 1.19 bits per heavy atom. The van der Waals surface area contributed by atoms with Gasteiger partial charge in [-0.2, -0.15) is 0 Å². The molecule has 31 heavy (non-hydrogen) atoms. The van der Waals surface area contributed by atoms with Crippen molar-refractivity contribution in [2.45, 2.75) is 78.0 Å². The summed E-state index contributed by atoms with van der Waals surface area (Å²) in [7, 11) is 0. The molecule has 4 aliphatic rings. The molecule has 1 aromatic carbocycles. The maximum Gasteiger partial charge on any atom is 0.254 e. The average Bonchev–Trinajstić information content (AvgIpc) is 3.26. The van der Waals surface area contributed by atoms with Gasteiger partial charge in [-0.25, -0.2) is 0 Å². The number of phenols is 1. The lowest BCUT2D eigenvalue weighted by Crippen LogP contribution is -2.66. The van der Waals surface area contributed by atoms with E-state index in [4.69, 9.17) is 4.74 Å². The van der Waals surface area contributed by atoms with Crippen molar-refractivity contribution in [1.82, 2.24) is 4.90 Å². The lowest BCUT2D eigenvalue weighted by Gasteiger charge is -2.64. The number of rotatable bonds is 2. The van der Waals surface area contributed by atoms with E-state index >= 15 is 0 Å². The Bertz CT molecular complexity index is 942. The van der Waals surface area contributed by atoms with Gasteiger partial charge in [0.05, 0.1) is 24.8 Å². The summed E-state index contributed by atoms with van der Waals surface area (Å²) >= 11 is 0. The lowest BCUT2D eigenvalue weighted by atomic mass is 9.43. The van der Waals surface area contributed by atoms with Crippen LogP contribution in [0.3, 0.4) is 0 Å². The maximum absolute atomic E-state index is 12.8. The van der Waals surface area contributed by atoms with E-state index in [1.54, 1.807) is 11.0 Å². The number of aliphatic hydroxyl groups excluding tert-OH is 2. The molecule has 3 N–H and O–H groups in total. The Balaban J connectivity index is 1.61. The van der Waals surface area contributed by atoms with E-state index in [0.29, 0.717) is 36.1 Å². The van der Waals surface area contributed by atoms with Gasteiger partial charge in [0, 0.05) is 29.5 Å². The van der Waals surface area contributed by atoms with Crippen molar-refractivity contribution in [3.63, 3.8) is 0 Å². The van der Waals surface area contributed by atoms with Crippen molar-refractivity contribution in [1.29, 1.82) is 0 Å². The van der Waals surface area contributed by atoms with E-state index in [9.17, 15) is 20.1 Å². The summed E-state index contributed by atoms with van der Waals surface area (Å²) < 4.78 is 6.96. The van der Waals surface area contributed by atoms with Gasteiger partial charge in [-0.15, -0.1) is 0 Å². The third-order valence-corrected chi connectivity index (χ3v) is 9.54. The zero-order chi connectivity index (χ0) is 22.3. The average molecular weight is 430 g/mol. The third-order valence-electron chi connectivity index (χ3n) is 9.54. The Kier molecular flexibility index (Phi) is 4.49. The summed E-state index contributed by atoms with van der Waals surface area (Å²) in [5, 5.41) is 31.1. The molecule has 0 saturated heterocycles. The number of hydrogen-bond acceptors (Lipinski definition) is 5. The first-order chi connectivity index (χ1) is 14.6. The van der Waals surface area contributed by atoms with E-state index in [-0.39, 0.29) is 41.7 Å². The van der Waals surface area contributed by atoms with Gasteiger partial charge in [0.2, 0.25) is 0 Å². The molecule has 5 atom stereocenters. The molecule has 0 aromatic heterocycles. The van der Waals surface area contributed by atoms with Gasteiger partial charge in [-0.3, -0.25) is 4.79 Å². The highest BCUT2D eigenvalue weighted by Gasteiger charge is 2.67. The molecule has 2 aliphatic heterocycles. The molecule has 2 aliphatic carbocycles. The summed E-state index contributed by atoms with van der Waals surface area (Å²) in [6, 6.07) is 1.60. The van der Waals surface area contributed by atoms with Crippen LogP contribution < -0.4 is 4.74 Å². The second-order valence-electron chi connectivity index (χ2n) is 11.2. The Hall–Kier alpha value is -1.79. The van der Waals surface area contributed by atoms with E-state index in [2.05, 4.69) is 27.7 Å². The molecule has 5 rings (SSSR count). The molecule has 1 spiro atoms. The molecule has 0 radical (unpaired) electrons. The quantitative estimate of drug-likeness (QED) is 0.671. The predicted octanol–water partition coefficient (Wildman–Crippen LogP) is 3.25. The molecule has 170 valence electrons. The summed E-state index contributed by atoms with van der Waals surface area (Å²) in [5.74, 6) is 1.28. The standard InChI is InChI=1S/C25H35NO5/c1-14-5-6-19-23(2,3)20(29)7-8-24(19,4)25(14)12-16-18(28)11-15-17(21(16)31-25)13-26(9-10-27)22(15)30/h11,14,19-20,27-29H,5-10,12-13H2,1-4H3/t14-,19+,20+,24-,25-/m0/s1. The summed E-state index contributed by atoms with van der Waals surface area (Å²) in [6.07, 6.45) is 4.04. The van der Waals surface area contributed by atoms with Crippen LogP contribution >= 0.6 is 0 Å². The topological polar surface area (TPSA) is 90.2 Å². The van der Waals surface area contributed by atoms with Crippen LogP contribution in [0.4, 0.5) is 0 Å². The summed E-state index contributed by atoms with van der Waals surface area (Å²) in [6.45, 7) is 9.55. The van der Waals surface area contributed by atoms with Crippen molar-refractivity contribution in [2.24, 2.45) is 22.7 Å². The summed E-state index contributed by atoms with van der Waals surface area (Å²) in [5.41, 5.74) is 1.35. The zero-order valence-corrected chi connectivity index (χ0v) is 19.1. The van der Waals surface area contributed by atoms with Gasteiger partial charge < -0.3 is 25.0 Å². The Morgan fingerprint density at radius 2 is 1.94 bits per heavy atom. The molecule has 1 aromatic rings. The van der Waals surface area contributed by atoms with Crippen molar-refractivity contribution in [3.8, 4) is 11.5 Å². The number of phenolic OH excluding ortho intramolecular Hbond substituents is 1. The third kappa shape index (κ3) is 2.55. The highest BCUT2D eigenvalue weighted by atomic mass is 16.5. The second-order valence-corrected chi connectivity index (χ2v) is 11.2. The number of amides is 1. The minimum absolute atomic E-state index is 0.0904. The normalized spacial score (nSPS) is 38.1. The number of nitrogens with zero attached hydrogens (tertiary/aromatic N) is 1. The predicted molar refractivity (Wildman–Crippen MR) is 116 cm³/mol. The molecule has 6 heteroatoms.